The topological polar surface area (TPSA) is 84.8 Å². The number of aromatic nitrogens is 4. The van der Waals surface area contributed by atoms with Crippen molar-refractivity contribution in [3.05, 3.63) is 70.5 Å². The molecule has 0 atom stereocenters. The predicted octanol–water partition coefficient (Wildman–Crippen LogP) is 3.40. The summed E-state index contributed by atoms with van der Waals surface area (Å²) in [4.78, 5) is 16.9. The fraction of sp³-hybridized carbons (Fsp3) is 0.190. The molecule has 1 aliphatic rings. The Balaban J connectivity index is 1.55. The van der Waals surface area contributed by atoms with E-state index in [4.69, 9.17) is 4.74 Å². The van der Waals surface area contributed by atoms with Crippen LogP contribution >= 0.6 is 0 Å². The molecule has 2 N–H and O–H groups in total. The molecule has 1 aromatic carbocycles. The number of anilines is 2. The number of alkyl halides is 1. The summed E-state index contributed by atoms with van der Waals surface area (Å²) in [5, 5.41) is 9.87. The summed E-state index contributed by atoms with van der Waals surface area (Å²) in [6, 6.07) is 9.57. The van der Waals surface area contributed by atoms with E-state index in [1.165, 1.54) is 16.8 Å². The van der Waals surface area contributed by atoms with Crippen LogP contribution in [0, 0.1) is 5.82 Å². The first-order valence-corrected chi connectivity index (χ1v) is 9.29. The summed E-state index contributed by atoms with van der Waals surface area (Å²) in [5.41, 5.74) is -0.0339. The quantitative estimate of drug-likeness (QED) is 0.540. The van der Waals surface area contributed by atoms with Gasteiger partial charge in [-0.05, 0) is 30.3 Å². The van der Waals surface area contributed by atoms with Gasteiger partial charge in [0, 0.05) is 36.0 Å². The van der Waals surface area contributed by atoms with E-state index in [0.717, 1.165) is 0 Å². The van der Waals surface area contributed by atoms with Crippen LogP contribution in [0.5, 0.6) is 0 Å². The minimum atomic E-state index is -1.52. The van der Waals surface area contributed by atoms with Crippen molar-refractivity contribution in [2.24, 2.45) is 7.05 Å². The molecular formula is C21H17F2N5O2. The number of aryl methyl sites for hydroxylation is 1. The van der Waals surface area contributed by atoms with Crippen molar-refractivity contribution in [2.45, 2.75) is 5.67 Å². The van der Waals surface area contributed by atoms with Gasteiger partial charge in [-0.3, -0.25) is 9.89 Å². The lowest BCUT2D eigenvalue weighted by Crippen LogP contribution is -2.42. The second kappa shape index (κ2) is 6.74. The van der Waals surface area contributed by atoms with E-state index in [9.17, 15) is 9.18 Å². The lowest BCUT2D eigenvalue weighted by Gasteiger charge is -2.33. The Bertz CT molecular complexity index is 1300. The molecule has 0 amide bonds. The fourth-order valence-corrected chi connectivity index (χ4v) is 3.53. The van der Waals surface area contributed by atoms with Crippen LogP contribution in [0.3, 0.4) is 0 Å². The molecule has 3 aromatic heterocycles. The van der Waals surface area contributed by atoms with Crippen LogP contribution in [0.4, 0.5) is 20.3 Å². The molecule has 0 saturated carbocycles. The van der Waals surface area contributed by atoms with Crippen molar-refractivity contribution in [1.29, 1.82) is 0 Å². The number of fused-ring (bicyclic) bond motifs is 1. The summed E-state index contributed by atoms with van der Waals surface area (Å²) in [6.45, 7) is 0.00850. The van der Waals surface area contributed by atoms with Crippen molar-refractivity contribution in [2.75, 3.05) is 18.5 Å². The average molecular weight is 409 g/mol. The van der Waals surface area contributed by atoms with Gasteiger partial charge in [0.05, 0.1) is 24.4 Å². The highest BCUT2D eigenvalue weighted by Gasteiger charge is 2.40. The third kappa shape index (κ3) is 2.86. The zero-order valence-corrected chi connectivity index (χ0v) is 15.9. The van der Waals surface area contributed by atoms with Crippen molar-refractivity contribution < 1.29 is 13.5 Å². The number of H-pyrrole nitrogens is 1. The van der Waals surface area contributed by atoms with E-state index in [-0.39, 0.29) is 29.8 Å². The minimum Gasteiger partial charge on any atom is -0.374 e. The Labute approximate surface area is 169 Å². The third-order valence-corrected chi connectivity index (χ3v) is 5.32. The van der Waals surface area contributed by atoms with E-state index in [0.29, 0.717) is 28.2 Å². The molecule has 5 rings (SSSR count). The van der Waals surface area contributed by atoms with Gasteiger partial charge >= 0.3 is 0 Å². The smallest absolute Gasteiger partial charge is 0.274 e. The van der Waals surface area contributed by atoms with E-state index in [1.807, 2.05) is 0 Å². The summed E-state index contributed by atoms with van der Waals surface area (Å²) >= 11 is 0. The van der Waals surface area contributed by atoms with Gasteiger partial charge in [0.25, 0.3) is 5.56 Å². The SMILES string of the molecule is Cn1c(=O)c(Nc2ccc(C3(F)COC3)cn2)cc2c(F)c(-c3cc[nH]n3)ccc21. The first-order chi connectivity index (χ1) is 14.5. The first kappa shape index (κ1) is 18.4. The number of aromatic amines is 1. The number of nitrogens with zero attached hydrogens (tertiary/aromatic N) is 3. The third-order valence-electron chi connectivity index (χ3n) is 5.32. The number of benzene rings is 1. The van der Waals surface area contributed by atoms with Crippen molar-refractivity contribution in [3.63, 3.8) is 0 Å². The maximum absolute atomic E-state index is 15.2. The molecule has 0 radical (unpaired) electrons. The highest BCUT2D eigenvalue weighted by molar-refractivity contribution is 5.88. The van der Waals surface area contributed by atoms with Crippen LogP contribution in [-0.2, 0) is 17.5 Å². The Hall–Kier alpha value is -3.59. The largest absolute Gasteiger partial charge is 0.374 e. The first-order valence-electron chi connectivity index (χ1n) is 9.29. The van der Waals surface area contributed by atoms with Gasteiger partial charge in [0.1, 0.15) is 17.3 Å². The molecule has 4 heterocycles. The lowest BCUT2D eigenvalue weighted by molar-refractivity contribution is -0.135. The van der Waals surface area contributed by atoms with Crippen LogP contribution in [0.2, 0.25) is 0 Å². The molecule has 0 aliphatic carbocycles. The molecule has 7 nitrogen and oxygen atoms in total. The van der Waals surface area contributed by atoms with Crippen LogP contribution < -0.4 is 10.9 Å². The number of hydrogen-bond acceptors (Lipinski definition) is 5. The van der Waals surface area contributed by atoms with Gasteiger partial charge in [0.15, 0.2) is 5.67 Å². The van der Waals surface area contributed by atoms with Gasteiger partial charge in [-0.25, -0.2) is 13.8 Å². The van der Waals surface area contributed by atoms with Crippen LogP contribution in [0.15, 0.2) is 53.6 Å². The number of pyridine rings is 2. The molecule has 30 heavy (non-hydrogen) atoms. The maximum Gasteiger partial charge on any atom is 0.274 e. The monoisotopic (exact) mass is 409 g/mol. The van der Waals surface area contributed by atoms with Crippen molar-refractivity contribution in [1.82, 2.24) is 19.7 Å². The molecule has 0 unspecified atom stereocenters. The molecule has 9 heteroatoms. The number of hydrogen-bond donors (Lipinski definition) is 2. The van der Waals surface area contributed by atoms with Gasteiger partial charge in [-0.15, -0.1) is 0 Å². The van der Waals surface area contributed by atoms with Gasteiger partial charge in [0.2, 0.25) is 0 Å². The Morgan fingerprint density at radius 3 is 2.70 bits per heavy atom. The van der Waals surface area contributed by atoms with Crippen LogP contribution in [0.1, 0.15) is 5.56 Å². The van der Waals surface area contributed by atoms with E-state index in [2.05, 4.69) is 20.5 Å². The molecule has 4 aromatic rings. The summed E-state index contributed by atoms with van der Waals surface area (Å²) in [6.07, 6.45) is 3.02. The number of halogens is 2. The zero-order chi connectivity index (χ0) is 20.9. The molecule has 152 valence electrons. The predicted molar refractivity (Wildman–Crippen MR) is 108 cm³/mol. The maximum atomic E-state index is 15.2. The molecule has 1 aliphatic heterocycles. The summed E-state index contributed by atoms with van der Waals surface area (Å²) in [7, 11) is 1.57. The van der Waals surface area contributed by atoms with E-state index >= 15 is 4.39 Å². The Kier molecular flexibility index (Phi) is 4.14. The van der Waals surface area contributed by atoms with Crippen molar-refractivity contribution in [3.8, 4) is 11.3 Å². The molecule has 1 fully saturated rings. The number of rotatable bonds is 4. The van der Waals surface area contributed by atoms with Crippen LogP contribution in [0.25, 0.3) is 22.2 Å². The Morgan fingerprint density at radius 1 is 1.23 bits per heavy atom. The van der Waals surface area contributed by atoms with Crippen LogP contribution in [-0.4, -0.2) is 33.0 Å². The highest BCUT2D eigenvalue weighted by Crippen LogP contribution is 2.34. The fourth-order valence-electron chi connectivity index (χ4n) is 3.53. The lowest BCUT2D eigenvalue weighted by atomic mass is 9.96. The highest BCUT2D eigenvalue weighted by atomic mass is 19.1. The standard InChI is InChI=1S/C21H17F2N5O2/c1-28-17-4-3-13(15-6-7-25-27-15)19(22)14(17)8-16(20(28)29)26-18-5-2-12(9-24-18)21(23)10-30-11-21/h2-9H,10-11H2,1H3,(H,24,26)(H,25,27). The minimum absolute atomic E-state index is 0.00425. The van der Waals surface area contributed by atoms with E-state index < -0.39 is 11.5 Å². The molecular weight excluding hydrogens is 392 g/mol. The van der Waals surface area contributed by atoms with Gasteiger partial charge in [-0.1, -0.05) is 6.07 Å². The Morgan fingerprint density at radius 2 is 2.07 bits per heavy atom. The van der Waals surface area contributed by atoms with Gasteiger partial charge < -0.3 is 14.6 Å². The zero-order valence-electron chi connectivity index (χ0n) is 15.9. The van der Waals surface area contributed by atoms with Gasteiger partial charge in [-0.2, -0.15) is 5.10 Å². The second-order valence-corrected chi connectivity index (χ2v) is 7.26. The summed E-state index contributed by atoms with van der Waals surface area (Å²) in [5.74, 6) is -0.131. The molecule has 0 spiro atoms. The van der Waals surface area contributed by atoms with Crippen molar-refractivity contribution >= 4 is 22.4 Å². The normalized spacial score (nSPS) is 15.2. The molecule has 0 bridgehead atoms. The second-order valence-electron chi connectivity index (χ2n) is 7.26. The summed E-state index contributed by atoms with van der Waals surface area (Å²) < 4.78 is 35.9. The molecule has 1 saturated heterocycles. The number of ether oxygens (including phenoxy) is 1. The average Bonchev–Trinajstić information content (AvgIpc) is 3.26. The van der Waals surface area contributed by atoms with E-state index in [1.54, 1.807) is 43.6 Å². The number of nitrogens with one attached hydrogen (secondary N) is 2.